The second-order valence-electron chi connectivity index (χ2n) is 5.19. The summed E-state index contributed by atoms with van der Waals surface area (Å²) in [5.41, 5.74) is 0.233. The average molecular weight is 400 g/mol. The third kappa shape index (κ3) is 4.18. The Hall–Kier alpha value is -2.49. The highest BCUT2D eigenvalue weighted by Crippen LogP contribution is 2.39. The van der Waals surface area contributed by atoms with Gasteiger partial charge >= 0.3 is 5.97 Å². The zero-order valence-electron chi connectivity index (χ0n) is 13.3. The van der Waals surface area contributed by atoms with Gasteiger partial charge in [-0.05, 0) is 36.4 Å². The van der Waals surface area contributed by atoms with Crippen molar-refractivity contribution < 1.29 is 32.2 Å². The van der Waals surface area contributed by atoms with Crippen molar-refractivity contribution in [1.82, 2.24) is 0 Å². The van der Waals surface area contributed by atoms with Crippen molar-refractivity contribution in [2.45, 2.75) is 4.90 Å². The number of carbonyl (C=O) groups excluding carboxylic acids is 1. The quantitative estimate of drug-likeness (QED) is 0.583. The molecule has 1 heterocycles. The lowest BCUT2D eigenvalue weighted by Crippen LogP contribution is -2.13. The Bertz CT molecular complexity index is 928. The van der Waals surface area contributed by atoms with Crippen LogP contribution < -0.4 is 19.3 Å². The number of esters is 1. The summed E-state index contributed by atoms with van der Waals surface area (Å²) in [4.78, 5) is 12.0. The van der Waals surface area contributed by atoms with Crippen molar-refractivity contribution in [1.29, 1.82) is 0 Å². The Balaban J connectivity index is 1.51. The largest absolute Gasteiger partial charge is 0.490 e. The van der Waals surface area contributed by atoms with Crippen LogP contribution in [0, 0.1) is 0 Å². The molecule has 0 spiro atoms. The van der Waals surface area contributed by atoms with Gasteiger partial charge < -0.3 is 18.9 Å². The van der Waals surface area contributed by atoms with Crippen LogP contribution in [0.15, 0.2) is 41.3 Å². The molecule has 26 heavy (non-hydrogen) atoms. The van der Waals surface area contributed by atoms with Gasteiger partial charge in [0.1, 0.15) is 19.0 Å². The Morgan fingerprint density at radius 1 is 1.15 bits per heavy atom. The molecular weight excluding hydrogens is 386 g/mol. The van der Waals surface area contributed by atoms with E-state index in [1.165, 1.54) is 36.4 Å². The number of primary sulfonamides is 1. The lowest BCUT2D eigenvalue weighted by atomic mass is 10.2. The molecule has 3 rings (SSSR count). The molecule has 0 saturated heterocycles. The molecule has 0 aliphatic carbocycles. The summed E-state index contributed by atoms with van der Waals surface area (Å²) in [6.45, 7) is 0.117. The van der Waals surface area contributed by atoms with Gasteiger partial charge in [-0.2, -0.15) is 0 Å². The van der Waals surface area contributed by atoms with Crippen molar-refractivity contribution in [3.8, 4) is 17.2 Å². The van der Waals surface area contributed by atoms with Crippen molar-refractivity contribution in [2.75, 3.05) is 20.0 Å². The number of fused-ring (bicyclic) bond motifs is 1. The Morgan fingerprint density at radius 3 is 2.58 bits per heavy atom. The summed E-state index contributed by atoms with van der Waals surface area (Å²) < 4.78 is 43.2. The Labute approximate surface area is 154 Å². The van der Waals surface area contributed by atoms with E-state index in [0.717, 1.165) is 0 Å². The van der Waals surface area contributed by atoms with Crippen LogP contribution >= 0.6 is 11.6 Å². The highest BCUT2D eigenvalue weighted by molar-refractivity contribution is 7.89. The van der Waals surface area contributed by atoms with E-state index in [2.05, 4.69) is 0 Å². The number of carbonyl (C=O) groups is 1. The van der Waals surface area contributed by atoms with Crippen LogP contribution in [0.4, 0.5) is 0 Å². The van der Waals surface area contributed by atoms with Gasteiger partial charge in [0.05, 0.1) is 15.5 Å². The van der Waals surface area contributed by atoms with E-state index in [1.54, 1.807) is 0 Å². The molecule has 1 aliphatic rings. The van der Waals surface area contributed by atoms with Gasteiger partial charge in [-0.1, -0.05) is 11.6 Å². The number of benzene rings is 2. The first-order valence-electron chi connectivity index (χ1n) is 7.36. The Morgan fingerprint density at radius 2 is 1.88 bits per heavy atom. The first-order valence-corrected chi connectivity index (χ1v) is 9.29. The maximum Gasteiger partial charge on any atom is 0.338 e. The molecule has 0 radical (unpaired) electrons. The maximum absolute atomic E-state index is 12.0. The van der Waals surface area contributed by atoms with Crippen LogP contribution in [0.3, 0.4) is 0 Å². The predicted octanol–water partition coefficient (Wildman–Crippen LogP) is 1.95. The van der Waals surface area contributed by atoms with Gasteiger partial charge in [-0.25, -0.2) is 18.4 Å². The van der Waals surface area contributed by atoms with Crippen LogP contribution in [0.5, 0.6) is 17.2 Å². The molecule has 0 saturated carbocycles. The fourth-order valence-electron chi connectivity index (χ4n) is 2.19. The number of nitrogens with two attached hydrogens (primary N) is 1. The summed E-state index contributed by atoms with van der Waals surface area (Å²) >= 11 is 6.02. The molecule has 0 fully saturated rings. The van der Waals surface area contributed by atoms with Gasteiger partial charge in [0.25, 0.3) is 0 Å². The van der Waals surface area contributed by atoms with E-state index < -0.39 is 16.0 Å². The summed E-state index contributed by atoms with van der Waals surface area (Å²) in [5, 5.41) is 5.27. The number of rotatable bonds is 6. The van der Waals surface area contributed by atoms with E-state index in [1.807, 2.05) is 0 Å². The third-order valence-electron chi connectivity index (χ3n) is 3.40. The highest BCUT2D eigenvalue weighted by atomic mass is 35.5. The van der Waals surface area contributed by atoms with Crippen LogP contribution in [-0.2, 0) is 14.8 Å². The Kier molecular flexibility index (Phi) is 5.21. The van der Waals surface area contributed by atoms with Crippen LogP contribution in [0.2, 0.25) is 5.02 Å². The zero-order valence-corrected chi connectivity index (χ0v) is 14.9. The molecule has 0 atom stereocenters. The molecule has 8 nitrogen and oxygen atoms in total. The molecule has 10 heteroatoms. The van der Waals surface area contributed by atoms with Gasteiger partial charge in [0.15, 0.2) is 11.5 Å². The lowest BCUT2D eigenvalue weighted by molar-refractivity contribution is 0.0450. The summed E-state index contributed by atoms with van der Waals surface area (Å²) in [7, 11) is -3.75. The second-order valence-corrected chi connectivity index (χ2v) is 7.16. The van der Waals surface area contributed by atoms with E-state index in [9.17, 15) is 13.2 Å². The van der Waals surface area contributed by atoms with E-state index >= 15 is 0 Å². The summed E-state index contributed by atoms with van der Waals surface area (Å²) in [5.74, 6) is 0.614. The van der Waals surface area contributed by atoms with Crippen LogP contribution in [0.1, 0.15) is 10.4 Å². The van der Waals surface area contributed by atoms with Gasteiger partial charge in [-0.3, -0.25) is 0 Å². The first kappa shape index (κ1) is 18.3. The topological polar surface area (TPSA) is 114 Å². The molecular formula is C16H14ClNO7S. The minimum atomic E-state index is -3.75. The highest BCUT2D eigenvalue weighted by Gasteiger charge is 2.21. The lowest BCUT2D eigenvalue weighted by Gasteiger charge is -2.09. The number of halogens is 1. The molecule has 138 valence electrons. The fraction of sp³-hybridized carbons (Fsp3) is 0.188. The van der Waals surface area contributed by atoms with Crippen molar-refractivity contribution >= 4 is 27.6 Å². The first-order chi connectivity index (χ1) is 12.3. The number of ether oxygens (including phenoxy) is 4. The SMILES string of the molecule is NS(=O)(=O)c1ccc(OCCOC(=O)c2cc(Cl)c3c(c2)OCO3)cc1. The summed E-state index contributed by atoms with van der Waals surface area (Å²) in [6, 6.07) is 8.49. The molecule has 2 N–H and O–H groups in total. The van der Waals surface area contributed by atoms with E-state index in [0.29, 0.717) is 17.2 Å². The fourth-order valence-corrected chi connectivity index (χ4v) is 2.97. The molecule has 0 bridgehead atoms. The summed E-state index contributed by atoms with van der Waals surface area (Å²) in [6.07, 6.45) is 0. The van der Waals surface area contributed by atoms with Gasteiger partial charge in [0.2, 0.25) is 16.8 Å². The third-order valence-corrected chi connectivity index (χ3v) is 4.61. The number of hydrogen-bond donors (Lipinski definition) is 1. The van der Waals surface area contributed by atoms with Crippen molar-refractivity contribution in [3.63, 3.8) is 0 Å². The number of hydrogen-bond acceptors (Lipinski definition) is 7. The van der Waals surface area contributed by atoms with Crippen LogP contribution in [-0.4, -0.2) is 34.4 Å². The normalized spacial score (nSPS) is 12.7. The number of sulfonamides is 1. The van der Waals surface area contributed by atoms with E-state index in [4.69, 9.17) is 35.7 Å². The molecule has 0 amide bonds. The van der Waals surface area contributed by atoms with Gasteiger partial charge in [0, 0.05) is 0 Å². The molecule has 0 aromatic heterocycles. The van der Waals surface area contributed by atoms with Crippen LogP contribution in [0.25, 0.3) is 0 Å². The van der Waals surface area contributed by atoms with E-state index in [-0.39, 0.29) is 35.5 Å². The minimum Gasteiger partial charge on any atom is -0.490 e. The minimum absolute atomic E-state index is 0.0121. The zero-order chi connectivity index (χ0) is 18.7. The monoisotopic (exact) mass is 399 g/mol. The van der Waals surface area contributed by atoms with Gasteiger partial charge in [-0.15, -0.1) is 0 Å². The van der Waals surface area contributed by atoms with Crippen molar-refractivity contribution in [3.05, 3.63) is 47.0 Å². The molecule has 2 aromatic carbocycles. The average Bonchev–Trinajstić information content (AvgIpc) is 3.07. The van der Waals surface area contributed by atoms with Crippen molar-refractivity contribution in [2.24, 2.45) is 5.14 Å². The smallest absolute Gasteiger partial charge is 0.338 e. The predicted molar refractivity (Wildman–Crippen MR) is 91.2 cm³/mol. The standard InChI is InChI=1S/C16H14ClNO7S/c17-13-7-10(8-14-15(13)25-9-24-14)16(19)23-6-5-22-11-1-3-12(4-2-11)26(18,20)21/h1-4,7-8H,5-6,9H2,(H2,18,20,21). The molecule has 1 aliphatic heterocycles. The molecule has 0 unspecified atom stereocenters. The molecule has 2 aromatic rings. The maximum atomic E-state index is 12.0. The second kappa shape index (κ2) is 7.40.